The average Bonchev–Trinajstić information content (AvgIpc) is 2.48. The van der Waals surface area contributed by atoms with Crippen molar-refractivity contribution in [1.82, 2.24) is 10.4 Å². The van der Waals surface area contributed by atoms with Gasteiger partial charge < -0.3 is 5.11 Å². The van der Waals surface area contributed by atoms with Gasteiger partial charge in [-0.1, -0.05) is 15.9 Å². The highest BCUT2D eigenvalue weighted by Gasteiger charge is 2.12. The Morgan fingerprint density at radius 1 is 1.18 bits per heavy atom. The van der Waals surface area contributed by atoms with Crippen molar-refractivity contribution in [2.45, 2.75) is 0 Å². The SMILES string of the molecule is O=C(N/N=C\c1c(Br)cc(Br)c(O)c1Br)c1cncc(Br)c1. The largest absolute Gasteiger partial charge is 0.506 e. The summed E-state index contributed by atoms with van der Waals surface area (Å²) in [5, 5.41) is 13.7. The Bertz CT molecular complexity index is 765. The molecule has 0 spiro atoms. The molecule has 22 heavy (non-hydrogen) atoms. The lowest BCUT2D eigenvalue weighted by Gasteiger charge is -2.06. The molecule has 5 nitrogen and oxygen atoms in total. The summed E-state index contributed by atoms with van der Waals surface area (Å²) >= 11 is 13.1. The van der Waals surface area contributed by atoms with Crippen LogP contribution in [0.25, 0.3) is 0 Å². The first-order chi connectivity index (χ1) is 10.4. The molecule has 1 aromatic carbocycles. The summed E-state index contributed by atoms with van der Waals surface area (Å²) < 4.78 is 2.39. The van der Waals surface area contributed by atoms with Gasteiger partial charge in [-0.3, -0.25) is 9.78 Å². The van der Waals surface area contributed by atoms with E-state index in [0.29, 0.717) is 29.0 Å². The van der Waals surface area contributed by atoms with E-state index >= 15 is 0 Å². The van der Waals surface area contributed by atoms with Crippen LogP contribution in [0.4, 0.5) is 0 Å². The van der Waals surface area contributed by atoms with Gasteiger partial charge in [-0.05, 0) is 59.9 Å². The van der Waals surface area contributed by atoms with Crippen LogP contribution in [-0.4, -0.2) is 22.2 Å². The molecule has 0 aliphatic heterocycles. The van der Waals surface area contributed by atoms with Gasteiger partial charge in [0.15, 0.2) is 0 Å². The molecule has 114 valence electrons. The Morgan fingerprint density at radius 3 is 2.59 bits per heavy atom. The van der Waals surface area contributed by atoms with Crippen molar-refractivity contribution in [1.29, 1.82) is 0 Å². The highest BCUT2D eigenvalue weighted by molar-refractivity contribution is 9.11. The molecular weight excluding hydrogens is 550 g/mol. The molecule has 2 rings (SSSR count). The first-order valence-electron chi connectivity index (χ1n) is 5.70. The monoisotopic (exact) mass is 553 g/mol. The zero-order valence-corrected chi connectivity index (χ0v) is 17.0. The van der Waals surface area contributed by atoms with Gasteiger partial charge in [0.05, 0.1) is 20.7 Å². The molecule has 0 saturated heterocycles. The second-order valence-electron chi connectivity index (χ2n) is 4.01. The summed E-state index contributed by atoms with van der Waals surface area (Å²) in [6, 6.07) is 3.32. The van der Waals surface area contributed by atoms with Crippen molar-refractivity contribution in [2.24, 2.45) is 5.10 Å². The van der Waals surface area contributed by atoms with Gasteiger partial charge in [0.2, 0.25) is 0 Å². The Kier molecular flexibility index (Phi) is 6.13. The predicted octanol–water partition coefficient (Wildman–Crippen LogP) is 4.60. The molecule has 1 aromatic heterocycles. The third-order valence-electron chi connectivity index (χ3n) is 2.51. The number of phenols is 1. The lowest BCUT2D eigenvalue weighted by molar-refractivity contribution is 0.0954. The molecule has 1 amide bonds. The van der Waals surface area contributed by atoms with E-state index in [9.17, 15) is 9.90 Å². The molecule has 0 radical (unpaired) electrons. The summed E-state index contributed by atoms with van der Waals surface area (Å²) in [5.74, 6) is -0.342. The Labute approximate surface area is 159 Å². The van der Waals surface area contributed by atoms with E-state index in [-0.39, 0.29) is 5.75 Å². The normalized spacial score (nSPS) is 10.9. The van der Waals surface area contributed by atoms with Crippen LogP contribution in [-0.2, 0) is 0 Å². The Balaban J connectivity index is 2.17. The topological polar surface area (TPSA) is 74.6 Å². The fraction of sp³-hybridized carbons (Fsp3) is 0. The molecule has 2 aromatic rings. The number of hydrogen-bond donors (Lipinski definition) is 2. The van der Waals surface area contributed by atoms with E-state index < -0.39 is 5.91 Å². The Morgan fingerprint density at radius 2 is 1.91 bits per heavy atom. The van der Waals surface area contributed by atoms with Crippen LogP contribution in [0.1, 0.15) is 15.9 Å². The molecule has 0 unspecified atom stereocenters. The van der Waals surface area contributed by atoms with Crippen LogP contribution in [0.3, 0.4) is 0 Å². The van der Waals surface area contributed by atoms with Gasteiger partial charge in [0.25, 0.3) is 5.91 Å². The number of carbonyl (C=O) groups is 1. The van der Waals surface area contributed by atoms with Crippen molar-refractivity contribution in [2.75, 3.05) is 0 Å². The quantitative estimate of drug-likeness (QED) is 0.429. The van der Waals surface area contributed by atoms with Gasteiger partial charge >= 0.3 is 0 Å². The third-order valence-corrected chi connectivity index (χ3v) is 5.01. The van der Waals surface area contributed by atoms with Crippen LogP contribution in [0, 0.1) is 0 Å². The zero-order chi connectivity index (χ0) is 16.3. The third kappa shape index (κ3) is 4.15. The van der Waals surface area contributed by atoms with Crippen molar-refractivity contribution in [3.8, 4) is 5.75 Å². The zero-order valence-electron chi connectivity index (χ0n) is 10.6. The maximum absolute atomic E-state index is 11.9. The van der Waals surface area contributed by atoms with E-state index in [1.54, 1.807) is 18.3 Å². The second kappa shape index (κ2) is 7.67. The lowest BCUT2D eigenvalue weighted by atomic mass is 10.2. The molecule has 0 fully saturated rings. The molecule has 9 heteroatoms. The molecule has 0 bridgehead atoms. The number of aromatic nitrogens is 1. The molecular formula is C13H7Br4N3O2. The average molecular weight is 557 g/mol. The van der Waals surface area contributed by atoms with Gasteiger partial charge in [-0.2, -0.15) is 5.10 Å². The highest BCUT2D eigenvalue weighted by atomic mass is 79.9. The summed E-state index contributed by atoms with van der Waals surface area (Å²) in [6.45, 7) is 0. The molecule has 0 saturated carbocycles. The Hall–Kier alpha value is -0.770. The standard InChI is InChI=1S/C13H7Br4N3O2/c14-7-1-6(3-18-4-7)13(22)20-19-5-8-9(15)2-10(16)12(21)11(8)17/h1-5,21H,(H,20,22)/b19-5-. The van der Waals surface area contributed by atoms with Crippen molar-refractivity contribution < 1.29 is 9.90 Å². The number of rotatable bonds is 3. The first-order valence-corrected chi connectivity index (χ1v) is 8.87. The van der Waals surface area contributed by atoms with Crippen LogP contribution in [0.5, 0.6) is 5.75 Å². The van der Waals surface area contributed by atoms with E-state index in [2.05, 4.69) is 79.2 Å². The van der Waals surface area contributed by atoms with Crippen LogP contribution >= 0.6 is 63.7 Å². The summed E-state index contributed by atoms with van der Waals surface area (Å²) in [7, 11) is 0. The lowest BCUT2D eigenvalue weighted by Crippen LogP contribution is -2.17. The number of aromatic hydroxyl groups is 1. The van der Waals surface area contributed by atoms with Crippen LogP contribution in [0.2, 0.25) is 0 Å². The van der Waals surface area contributed by atoms with Gasteiger partial charge in [-0.15, -0.1) is 0 Å². The smallest absolute Gasteiger partial charge is 0.272 e. The number of nitrogens with one attached hydrogen (secondary N) is 1. The van der Waals surface area contributed by atoms with Crippen LogP contribution < -0.4 is 5.43 Å². The van der Waals surface area contributed by atoms with E-state index in [4.69, 9.17) is 0 Å². The van der Waals surface area contributed by atoms with Crippen molar-refractivity contribution in [3.63, 3.8) is 0 Å². The fourth-order valence-electron chi connectivity index (χ4n) is 1.47. The predicted molar refractivity (Wildman–Crippen MR) is 98.2 cm³/mol. The fourth-order valence-corrected chi connectivity index (χ4v) is 4.16. The number of carbonyl (C=O) groups excluding carboxylic acids is 1. The van der Waals surface area contributed by atoms with E-state index in [1.165, 1.54) is 12.4 Å². The van der Waals surface area contributed by atoms with Gasteiger partial charge in [0, 0.05) is 26.9 Å². The minimum atomic E-state index is -0.390. The minimum Gasteiger partial charge on any atom is -0.506 e. The number of phenolic OH excluding ortho intramolecular Hbond substituents is 1. The van der Waals surface area contributed by atoms with Gasteiger partial charge in [0.1, 0.15) is 5.75 Å². The molecule has 0 aliphatic rings. The minimum absolute atomic E-state index is 0.0483. The number of hydrazone groups is 1. The van der Waals surface area contributed by atoms with Crippen LogP contribution in [0.15, 0.2) is 47.5 Å². The number of nitrogens with zero attached hydrogens (tertiary/aromatic N) is 2. The number of hydrogen-bond acceptors (Lipinski definition) is 4. The van der Waals surface area contributed by atoms with Crippen molar-refractivity contribution in [3.05, 3.63) is 53.5 Å². The number of benzene rings is 1. The highest BCUT2D eigenvalue weighted by Crippen LogP contribution is 2.38. The molecule has 2 N–H and O–H groups in total. The van der Waals surface area contributed by atoms with E-state index in [1.807, 2.05) is 0 Å². The molecule has 0 aliphatic carbocycles. The summed E-state index contributed by atoms with van der Waals surface area (Å²) in [4.78, 5) is 15.8. The number of halogens is 4. The summed E-state index contributed by atoms with van der Waals surface area (Å²) in [6.07, 6.45) is 4.44. The second-order valence-corrected chi connectivity index (χ2v) is 7.42. The van der Waals surface area contributed by atoms with E-state index in [0.717, 1.165) is 0 Å². The number of pyridine rings is 1. The molecule has 0 atom stereocenters. The number of amides is 1. The maximum atomic E-state index is 11.9. The van der Waals surface area contributed by atoms with Gasteiger partial charge in [-0.25, -0.2) is 5.43 Å². The first kappa shape index (κ1) is 17.6. The summed E-state index contributed by atoms with van der Waals surface area (Å²) in [5.41, 5.74) is 3.37. The molecule has 1 heterocycles. The van der Waals surface area contributed by atoms with Crippen molar-refractivity contribution >= 4 is 75.8 Å². The maximum Gasteiger partial charge on any atom is 0.272 e.